The van der Waals surface area contributed by atoms with Crippen molar-refractivity contribution in [3.63, 3.8) is 0 Å². The van der Waals surface area contributed by atoms with Crippen LogP contribution in [0.5, 0.6) is 0 Å². The SMILES string of the molecule is C1CCOC1.C=C[Si](C)(CC(CC)c1ccccc1)O[Si](C)(C)C.C=Cc1ccccc1.CC[CH-]c1ccccc1.[Li+]. The fourth-order valence-corrected chi connectivity index (χ4v) is 12.4. The Balaban J connectivity index is 0.000000602. The molecule has 4 rings (SSSR count). The molecule has 0 aromatic heterocycles. The molecule has 0 N–H and O–H groups in total. The summed E-state index contributed by atoms with van der Waals surface area (Å²) in [5, 5.41) is 0. The van der Waals surface area contributed by atoms with Crippen molar-refractivity contribution in [1.82, 2.24) is 0 Å². The van der Waals surface area contributed by atoms with Gasteiger partial charge in [0, 0.05) is 13.2 Å². The molecule has 0 bridgehead atoms. The Morgan fingerprint density at radius 3 is 1.67 bits per heavy atom. The van der Waals surface area contributed by atoms with E-state index < -0.39 is 16.6 Å². The van der Waals surface area contributed by atoms with Crippen molar-refractivity contribution in [3.8, 4) is 0 Å². The summed E-state index contributed by atoms with van der Waals surface area (Å²) in [4.78, 5) is 0. The Hall–Kier alpha value is -2.04. The van der Waals surface area contributed by atoms with Crippen molar-refractivity contribution in [2.75, 3.05) is 13.2 Å². The molecule has 0 saturated carbocycles. The standard InChI is InChI=1S/C16H28OSi2.C9H11.C8H8.C4H8O.Li/c1-7-15(16-12-10-9-11-13-16)14-19(6,8-2)17-18(3,4)5;1-2-6-9-7-4-3-5-8-9;1-2-8-6-4-3-5-7-8;1-2-4-5-3-1;/h8-13,15H,2,7,14H2,1,3-6H3;3-8H,2H2,1H3;2-7H,1H2;1-4H2;/q;-1;;;+1. The van der Waals surface area contributed by atoms with Crippen LogP contribution in [-0.2, 0) is 8.85 Å². The first-order valence-electron chi connectivity index (χ1n) is 15.2. The first-order chi connectivity index (χ1) is 19.7. The van der Waals surface area contributed by atoms with E-state index in [0.29, 0.717) is 5.92 Å². The predicted octanol–water partition coefficient (Wildman–Crippen LogP) is 8.11. The molecular formula is C37H55LiO2Si2. The molecule has 1 fully saturated rings. The Labute approximate surface area is 273 Å². The third kappa shape index (κ3) is 19.2. The zero-order chi connectivity index (χ0) is 30.4. The molecule has 5 heteroatoms. The largest absolute Gasteiger partial charge is 1.00 e. The number of benzene rings is 3. The molecule has 0 radical (unpaired) electrons. The molecule has 1 heterocycles. The summed E-state index contributed by atoms with van der Waals surface area (Å²) in [5.41, 5.74) is 6.05. The van der Waals surface area contributed by atoms with Crippen LogP contribution in [0, 0.1) is 6.42 Å². The van der Waals surface area contributed by atoms with Gasteiger partial charge < -0.3 is 8.85 Å². The summed E-state index contributed by atoms with van der Waals surface area (Å²) in [6.07, 6.45) is 8.87. The molecule has 2 nitrogen and oxygen atoms in total. The molecule has 1 aliphatic rings. The van der Waals surface area contributed by atoms with Crippen LogP contribution in [0.25, 0.3) is 6.08 Å². The molecule has 0 amide bonds. The summed E-state index contributed by atoms with van der Waals surface area (Å²) >= 11 is 0. The quantitative estimate of drug-likeness (QED) is 0.174. The van der Waals surface area contributed by atoms with E-state index in [4.69, 9.17) is 8.85 Å². The summed E-state index contributed by atoms with van der Waals surface area (Å²) in [5.74, 6) is 0.590. The van der Waals surface area contributed by atoms with Gasteiger partial charge in [0.05, 0.1) is 0 Å². The summed E-state index contributed by atoms with van der Waals surface area (Å²) < 4.78 is 11.4. The van der Waals surface area contributed by atoms with Crippen molar-refractivity contribution in [2.24, 2.45) is 0 Å². The smallest absolute Gasteiger partial charge is 0.453 e. The summed E-state index contributed by atoms with van der Waals surface area (Å²) in [6, 6.07) is 32.4. The van der Waals surface area contributed by atoms with Gasteiger partial charge in [-0.1, -0.05) is 105 Å². The maximum absolute atomic E-state index is 6.49. The topological polar surface area (TPSA) is 18.5 Å². The zero-order valence-electron chi connectivity index (χ0n) is 27.7. The van der Waals surface area contributed by atoms with Gasteiger partial charge in [-0.15, -0.1) is 18.7 Å². The van der Waals surface area contributed by atoms with Crippen molar-refractivity contribution < 1.29 is 27.7 Å². The van der Waals surface area contributed by atoms with Crippen molar-refractivity contribution in [1.29, 1.82) is 0 Å². The molecule has 2 atom stereocenters. The minimum Gasteiger partial charge on any atom is -0.453 e. The van der Waals surface area contributed by atoms with Gasteiger partial charge in [-0.05, 0) is 68.5 Å². The van der Waals surface area contributed by atoms with E-state index in [1.54, 1.807) is 0 Å². The second-order valence-corrected chi connectivity index (χ2v) is 19.9. The summed E-state index contributed by atoms with van der Waals surface area (Å²) in [6.45, 7) is 23.2. The minimum atomic E-state index is -1.80. The maximum Gasteiger partial charge on any atom is 1.00 e. The number of ether oxygens (including phenoxy) is 1. The van der Waals surface area contributed by atoms with E-state index >= 15 is 0 Å². The molecule has 224 valence electrons. The van der Waals surface area contributed by atoms with Crippen LogP contribution in [0.3, 0.4) is 0 Å². The zero-order valence-corrected chi connectivity index (χ0v) is 29.7. The van der Waals surface area contributed by atoms with Crippen molar-refractivity contribution in [2.45, 2.75) is 77.7 Å². The van der Waals surface area contributed by atoms with E-state index in [1.165, 1.54) is 29.5 Å². The van der Waals surface area contributed by atoms with Gasteiger partial charge in [0.15, 0.2) is 8.32 Å². The van der Waals surface area contributed by atoms with Crippen LogP contribution >= 0.6 is 0 Å². The average Bonchev–Trinajstić information content (AvgIpc) is 3.58. The van der Waals surface area contributed by atoms with Gasteiger partial charge in [-0.2, -0.15) is 24.1 Å². The molecule has 2 unspecified atom stereocenters. The normalized spacial score (nSPS) is 14.0. The Morgan fingerprint density at radius 2 is 1.31 bits per heavy atom. The van der Waals surface area contributed by atoms with Crippen LogP contribution < -0.4 is 18.9 Å². The minimum absolute atomic E-state index is 0. The summed E-state index contributed by atoms with van der Waals surface area (Å²) in [7, 11) is -3.30. The monoisotopic (exact) mass is 594 g/mol. The Kier molecular flexibility index (Phi) is 22.3. The van der Waals surface area contributed by atoms with Gasteiger partial charge in [-0.3, -0.25) is 0 Å². The fourth-order valence-electron chi connectivity index (χ4n) is 4.50. The van der Waals surface area contributed by atoms with E-state index in [-0.39, 0.29) is 18.9 Å². The molecule has 0 spiro atoms. The number of hydrogen-bond acceptors (Lipinski definition) is 2. The van der Waals surface area contributed by atoms with Crippen LogP contribution in [0.1, 0.15) is 62.1 Å². The number of hydrogen-bond donors (Lipinski definition) is 0. The van der Waals surface area contributed by atoms with Crippen molar-refractivity contribution in [3.05, 3.63) is 133 Å². The van der Waals surface area contributed by atoms with Crippen LogP contribution in [0.2, 0.25) is 32.2 Å². The van der Waals surface area contributed by atoms with Gasteiger partial charge in [0.25, 0.3) is 0 Å². The molecular weight excluding hydrogens is 540 g/mol. The molecule has 3 aromatic rings. The number of rotatable bonds is 10. The van der Waals surface area contributed by atoms with Crippen LogP contribution in [0.15, 0.2) is 110 Å². The van der Waals surface area contributed by atoms with E-state index in [0.717, 1.165) is 32.1 Å². The van der Waals surface area contributed by atoms with Crippen molar-refractivity contribution >= 4 is 22.7 Å². The second kappa shape index (κ2) is 23.4. The second-order valence-electron chi connectivity index (χ2n) is 11.4. The third-order valence-corrected chi connectivity index (χ3v) is 13.0. The van der Waals surface area contributed by atoms with Gasteiger partial charge in [0.2, 0.25) is 8.32 Å². The van der Waals surface area contributed by atoms with Gasteiger partial charge in [0.1, 0.15) is 0 Å². The first kappa shape index (κ1) is 40.0. The van der Waals surface area contributed by atoms with E-state index in [2.05, 4.69) is 120 Å². The third-order valence-electron chi connectivity index (χ3n) is 6.49. The van der Waals surface area contributed by atoms with Crippen LogP contribution in [-0.4, -0.2) is 29.8 Å². The fraction of sp³-hybridized carbons (Fsp3) is 0.378. The molecule has 0 aliphatic carbocycles. The average molecular weight is 595 g/mol. The maximum atomic E-state index is 6.49. The Bertz CT molecular complexity index is 1040. The van der Waals surface area contributed by atoms with Crippen LogP contribution in [0.4, 0.5) is 0 Å². The Morgan fingerprint density at radius 1 is 0.810 bits per heavy atom. The first-order valence-corrected chi connectivity index (χ1v) is 21.3. The predicted molar refractivity (Wildman–Crippen MR) is 187 cm³/mol. The van der Waals surface area contributed by atoms with Gasteiger partial charge >= 0.3 is 18.9 Å². The molecule has 3 aromatic carbocycles. The van der Waals surface area contributed by atoms with Gasteiger partial charge in [-0.25, -0.2) is 0 Å². The molecule has 1 aliphatic heterocycles. The van der Waals surface area contributed by atoms with E-state index in [1.807, 2.05) is 42.5 Å². The molecule has 1 saturated heterocycles. The van der Waals surface area contributed by atoms with E-state index in [9.17, 15) is 0 Å². The molecule has 42 heavy (non-hydrogen) atoms.